The van der Waals surface area contributed by atoms with Crippen LogP contribution in [-0.4, -0.2) is 32.3 Å². The lowest BCUT2D eigenvalue weighted by Gasteiger charge is -2.25. The molecule has 132 valence electrons. The molecule has 0 aliphatic carbocycles. The number of rotatable bonds is 6. The van der Waals surface area contributed by atoms with Crippen LogP contribution in [0, 0.1) is 0 Å². The summed E-state index contributed by atoms with van der Waals surface area (Å²) in [5, 5.41) is 7.08. The summed E-state index contributed by atoms with van der Waals surface area (Å²) in [6, 6.07) is 7.06. The first-order chi connectivity index (χ1) is 12.0. The molecule has 1 atom stereocenters. The standard InChI is InChI=1S/C18H22N4O2S/c1-4-14(22-10-12-7-5-6-8-13(12)18(22)24)17(23)19-9-15-16(11(2)3)20-21-25-15/h5-8,11,14H,4,9-10H2,1-3H3,(H,19,23)/t14-/m0/s1. The zero-order valence-electron chi connectivity index (χ0n) is 14.7. The molecule has 0 bridgehead atoms. The molecule has 1 aliphatic heterocycles. The molecule has 0 fully saturated rings. The van der Waals surface area contributed by atoms with Crippen molar-refractivity contribution in [2.24, 2.45) is 0 Å². The predicted molar refractivity (Wildman–Crippen MR) is 96.2 cm³/mol. The average molecular weight is 358 g/mol. The van der Waals surface area contributed by atoms with E-state index < -0.39 is 6.04 Å². The maximum Gasteiger partial charge on any atom is 0.255 e. The molecule has 1 N–H and O–H groups in total. The molecular formula is C18H22N4O2S. The van der Waals surface area contributed by atoms with Gasteiger partial charge < -0.3 is 10.2 Å². The van der Waals surface area contributed by atoms with Gasteiger partial charge in [-0.15, -0.1) is 5.10 Å². The van der Waals surface area contributed by atoms with Crippen molar-refractivity contribution in [1.29, 1.82) is 0 Å². The number of nitrogens with zero attached hydrogens (tertiary/aromatic N) is 3. The van der Waals surface area contributed by atoms with Gasteiger partial charge in [-0.25, -0.2) is 0 Å². The lowest BCUT2D eigenvalue weighted by molar-refractivity contribution is -0.126. The fourth-order valence-electron chi connectivity index (χ4n) is 3.14. The van der Waals surface area contributed by atoms with Crippen molar-refractivity contribution in [3.05, 3.63) is 46.0 Å². The molecule has 0 unspecified atom stereocenters. The summed E-state index contributed by atoms with van der Waals surface area (Å²) in [5.74, 6) is 0.0639. The Hall–Kier alpha value is -2.28. The molecule has 1 aromatic carbocycles. The van der Waals surface area contributed by atoms with E-state index in [1.807, 2.05) is 31.2 Å². The van der Waals surface area contributed by atoms with Gasteiger partial charge in [-0.05, 0) is 35.5 Å². The molecular weight excluding hydrogens is 336 g/mol. The van der Waals surface area contributed by atoms with Crippen molar-refractivity contribution >= 4 is 23.3 Å². The maximum atomic E-state index is 12.7. The summed E-state index contributed by atoms with van der Waals surface area (Å²) < 4.78 is 3.98. The third-order valence-electron chi connectivity index (χ3n) is 4.47. The first kappa shape index (κ1) is 17.5. The average Bonchev–Trinajstić information content (AvgIpc) is 3.20. The highest BCUT2D eigenvalue weighted by molar-refractivity contribution is 7.05. The van der Waals surface area contributed by atoms with Crippen LogP contribution in [0.3, 0.4) is 0 Å². The van der Waals surface area contributed by atoms with E-state index >= 15 is 0 Å². The number of nitrogens with one attached hydrogen (secondary N) is 1. The molecule has 2 amide bonds. The minimum absolute atomic E-state index is 0.0695. The third kappa shape index (κ3) is 3.42. The minimum Gasteiger partial charge on any atom is -0.349 e. The summed E-state index contributed by atoms with van der Waals surface area (Å²) in [4.78, 5) is 27.9. The minimum atomic E-state index is -0.469. The van der Waals surface area contributed by atoms with E-state index in [2.05, 4.69) is 28.8 Å². The second-order valence-electron chi connectivity index (χ2n) is 6.47. The quantitative estimate of drug-likeness (QED) is 0.861. The first-order valence-corrected chi connectivity index (χ1v) is 9.28. The molecule has 3 rings (SSSR count). The van der Waals surface area contributed by atoms with Crippen LogP contribution in [0.4, 0.5) is 0 Å². The largest absolute Gasteiger partial charge is 0.349 e. The van der Waals surface area contributed by atoms with Crippen molar-refractivity contribution in [2.75, 3.05) is 0 Å². The van der Waals surface area contributed by atoms with Crippen molar-refractivity contribution in [2.45, 2.75) is 52.2 Å². The van der Waals surface area contributed by atoms with E-state index in [0.29, 0.717) is 25.1 Å². The van der Waals surface area contributed by atoms with E-state index in [9.17, 15) is 9.59 Å². The molecule has 6 nitrogen and oxygen atoms in total. The lowest BCUT2D eigenvalue weighted by Crippen LogP contribution is -2.46. The van der Waals surface area contributed by atoms with Crippen molar-refractivity contribution in [3.8, 4) is 0 Å². The topological polar surface area (TPSA) is 75.2 Å². The highest BCUT2D eigenvalue weighted by atomic mass is 32.1. The van der Waals surface area contributed by atoms with Gasteiger partial charge in [-0.1, -0.05) is 43.5 Å². The van der Waals surface area contributed by atoms with E-state index in [4.69, 9.17) is 0 Å². The Morgan fingerprint density at radius 2 is 2.12 bits per heavy atom. The SMILES string of the molecule is CC[C@@H](C(=O)NCc1snnc1C(C)C)N1Cc2ccccc2C1=O. The molecule has 2 aromatic rings. The Kier molecular flexibility index (Phi) is 5.13. The zero-order chi connectivity index (χ0) is 18.0. The second kappa shape index (κ2) is 7.31. The van der Waals surface area contributed by atoms with Crippen LogP contribution < -0.4 is 5.32 Å². The summed E-state index contributed by atoms with van der Waals surface area (Å²) in [6.45, 7) is 6.91. The van der Waals surface area contributed by atoms with Gasteiger partial charge in [0.2, 0.25) is 5.91 Å². The molecule has 25 heavy (non-hydrogen) atoms. The Labute approximate surface area is 151 Å². The maximum absolute atomic E-state index is 12.7. The van der Waals surface area contributed by atoms with Crippen LogP contribution in [0.25, 0.3) is 0 Å². The van der Waals surface area contributed by atoms with Crippen LogP contribution in [0.15, 0.2) is 24.3 Å². The number of hydrogen-bond acceptors (Lipinski definition) is 5. The summed E-state index contributed by atoms with van der Waals surface area (Å²) in [5.41, 5.74) is 2.60. The van der Waals surface area contributed by atoms with Gasteiger partial charge in [0, 0.05) is 12.1 Å². The number of amides is 2. The Bertz CT molecular complexity index is 787. The fraction of sp³-hybridized carbons (Fsp3) is 0.444. The normalized spacial score (nSPS) is 14.7. The van der Waals surface area contributed by atoms with Gasteiger partial charge >= 0.3 is 0 Å². The van der Waals surface area contributed by atoms with Crippen LogP contribution in [0.5, 0.6) is 0 Å². The van der Waals surface area contributed by atoms with Gasteiger partial charge in [0.05, 0.1) is 17.1 Å². The molecule has 0 saturated carbocycles. The van der Waals surface area contributed by atoms with E-state index in [-0.39, 0.29) is 17.7 Å². The van der Waals surface area contributed by atoms with Crippen molar-refractivity contribution in [1.82, 2.24) is 19.8 Å². The highest BCUT2D eigenvalue weighted by Gasteiger charge is 2.35. The predicted octanol–water partition coefficient (Wildman–Crippen LogP) is 2.71. The number of carbonyl (C=O) groups is 2. The molecule has 1 aromatic heterocycles. The second-order valence-corrected chi connectivity index (χ2v) is 7.31. The summed E-state index contributed by atoms with van der Waals surface area (Å²) >= 11 is 1.31. The third-order valence-corrected chi connectivity index (χ3v) is 5.21. The first-order valence-electron chi connectivity index (χ1n) is 8.50. The number of aromatic nitrogens is 2. The fourth-order valence-corrected chi connectivity index (χ4v) is 3.87. The molecule has 1 aliphatic rings. The van der Waals surface area contributed by atoms with Crippen molar-refractivity contribution in [3.63, 3.8) is 0 Å². The smallest absolute Gasteiger partial charge is 0.255 e. The van der Waals surface area contributed by atoms with Gasteiger partial charge in [-0.2, -0.15) is 0 Å². The van der Waals surface area contributed by atoms with Crippen LogP contribution in [0.2, 0.25) is 0 Å². The van der Waals surface area contributed by atoms with Crippen molar-refractivity contribution < 1.29 is 9.59 Å². The number of benzene rings is 1. The van der Waals surface area contributed by atoms with Crippen LogP contribution >= 0.6 is 11.5 Å². The van der Waals surface area contributed by atoms with Gasteiger partial charge in [-0.3, -0.25) is 9.59 Å². The van der Waals surface area contributed by atoms with E-state index in [1.165, 1.54) is 11.5 Å². The number of hydrogen-bond donors (Lipinski definition) is 1. The molecule has 2 heterocycles. The Balaban J connectivity index is 1.68. The zero-order valence-corrected chi connectivity index (χ0v) is 15.5. The van der Waals surface area contributed by atoms with Crippen LogP contribution in [-0.2, 0) is 17.9 Å². The number of carbonyl (C=O) groups excluding carboxylic acids is 2. The molecule has 7 heteroatoms. The van der Waals surface area contributed by atoms with E-state index in [1.54, 1.807) is 4.90 Å². The number of fused-ring (bicyclic) bond motifs is 1. The lowest BCUT2D eigenvalue weighted by atomic mass is 10.1. The molecule has 0 radical (unpaired) electrons. The summed E-state index contributed by atoms with van der Waals surface area (Å²) in [7, 11) is 0. The van der Waals surface area contributed by atoms with E-state index in [0.717, 1.165) is 16.1 Å². The monoisotopic (exact) mass is 358 g/mol. The Morgan fingerprint density at radius 1 is 1.36 bits per heavy atom. The van der Waals surface area contributed by atoms with Gasteiger partial charge in [0.1, 0.15) is 6.04 Å². The molecule has 0 spiro atoms. The molecule has 0 saturated heterocycles. The van der Waals surface area contributed by atoms with Gasteiger partial charge in [0.15, 0.2) is 0 Å². The summed E-state index contributed by atoms with van der Waals surface area (Å²) in [6.07, 6.45) is 0.573. The highest BCUT2D eigenvalue weighted by Crippen LogP contribution is 2.25. The van der Waals surface area contributed by atoms with Crippen LogP contribution in [0.1, 0.15) is 59.6 Å². The van der Waals surface area contributed by atoms with Gasteiger partial charge in [0.25, 0.3) is 5.91 Å². The Morgan fingerprint density at radius 3 is 2.80 bits per heavy atom.